The van der Waals surface area contributed by atoms with E-state index in [2.05, 4.69) is 5.32 Å². The van der Waals surface area contributed by atoms with Crippen molar-refractivity contribution in [3.05, 3.63) is 65.5 Å². The first kappa shape index (κ1) is 21.5. The van der Waals surface area contributed by atoms with Gasteiger partial charge in [-0.15, -0.1) is 0 Å². The number of nitrogens with zero attached hydrogens (tertiary/aromatic N) is 1. The summed E-state index contributed by atoms with van der Waals surface area (Å²) in [4.78, 5) is 24.4. The average Bonchev–Trinajstić information content (AvgIpc) is 2.62. The van der Waals surface area contributed by atoms with Gasteiger partial charge in [0, 0.05) is 12.1 Å². The van der Waals surface area contributed by atoms with Crippen LogP contribution in [0.1, 0.15) is 22.8 Å². The fourth-order valence-corrected chi connectivity index (χ4v) is 3.16. The van der Waals surface area contributed by atoms with E-state index < -0.39 is 34.3 Å². The zero-order chi connectivity index (χ0) is 20.7. The lowest BCUT2D eigenvalue weighted by atomic mass is 10.2. The topological polar surface area (TPSA) is 92.8 Å². The summed E-state index contributed by atoms with van der Waals surface area (Å²) in [7, 11) is -3.79. The Bertz CT molecular complexity index is 962. The number of carbonyl (C=O) groups is 2. The van der Waals surface area contributed by atoms with E-state index in [0.717, 1.165) is 10.6 Å². The minimum Gasteiger partial charge on any atom is -0.462 e. The molecule has 2 aromatic carbocycles. The third kappa shape index (κ3) is 5.86. The molecule has 0 bridgehead atoms. The Morgan fingerprint density at radius 2 is 1.75 bits per heavy atom. The molecule has 7 nitrogen and oxygen atoms in total. The average molecular weight is 408 g/mol. The predicted octanol–water partition coefficient (Wildman–Crippen LogP) is 2.40. The highest BCUT2D eigenvalue weighted by molar-refractivity contribution is 7.88. The quantitative estimate of drug-likeness (QED) is 0.677. The van der Waals surface area contributed by atoms with E-state index in [-0.39, 0.29) is 30.0 Å². The van der Waals surface area contributed by atoms with Crippen LogP contribution in [0.2, 0.25) is 0 Å². The zero-order valence-electron chi connectivity index (χ0n) is 15.5. The van der Waals surface area contributed by atoms with Crippen LogP contribution < -0.4 is 5.32 Å². The minimum atomic E-state index is -3.79. The van der Waals surface area contributed by atoms with Gasteiger partial charge in [0.05, 0.1) is 30.7 Å². The van der Waals surface area contributed by atoms with Gasteiger partial charge < -0.3 is 10.1 Å². The maximum atomic E-state index is 13.9. The zero-order valence-corrected chi connectivity index (χ0v) is 16.3. The van der Waals surface area contributed by atoms with Crippen molar-refractivity contribution in [3.8, 4) is 0 Å². The summed E-state index contributed by atoms with van der Waals surface area (Å²) in [5, 5.41) is 2.51. The third-order valence-electron chi connectivity index (χ3n) is 3.79. The number of halogens is 1. The van der Waals surface area contributed by atoms with Crippen LogP contribution >= 0.6 is 0 Å². The van der Waals surface area contributed by atoms with Gasteiger partial charge in [0.1, 0.15) is 5.82 Å². The summed E-state index contributed by atoms with van der Waals surface area (Å²) >= 11 is 0. The van der Waals surface area contributed by atoms with Crippen molar-refractivity contribution in [2.45, 2.75) is 13.5 Å². The summed E-state index contributed by atoms with van der Waals surface area (Å²) in [6.45, 7) is 1.00. The van der Waals surface area contributed by atoms with Crippen molar-refractivity contribution >= 4 is 27.6 Å². The van der Waals surface area contributed by atoms with Crippen LogP contribution in [0.15, 0.2) is 48.5 Å². The number of ether oxygens (including phenoxy) is 1. The number of sulfonamides is 1. The number of benzene rings is 2. The van der Waals surface area contributed by atoms with Gasteiger partial charge in [-0.1, -0.05) is 30.3 Å². The van der Waals surface area contributed by atoms with Crippen LogP contribution in [0.4, 0.5) is 10.1 Å². The van der Waals surface area contributed by atoms with Gasteiger partial charge in [0.15, 0.2) is 0 Å². The number of esters is 1. The van der Waals surface area contributed by atoms with E-state index >= 15 is 0 Å². The molecule has 0 aliphatic rings. The van der Waals surface area contributed by atoms with Gasteiger partial charge in [-0.3, -0.25) is 4.79 Å². The molecular formula is C19H21FN2O5S. The number of hydrogen-bond acceptors (Lipinski definition) is 5. The molecule has 9 heteroatoms. The molecule has 0 atom stereocenters. The van der Waals surface area contributed by atoms with Gasteiger partial charge in [-0.25, -0.2) is 17.6 Å². The monoisotopic (exact) mass is 408 g/mol. The SMILES string of the molecule is CCOC(=O)c1ccccc1NC(=O)CN(Cc1ccccc1F)S(C)(=O)=O. The Hall–Kier alpha value is -2.78. The van der Waals surface area contributed by atoms with E-state index in [1.54, 1.807) is 25.1 Å². The first-order valence-electron chi connectivity index (χ1n) is 8.47. The molecule has 2 aromatic rings. The molecule has 0 aromatic heterocycles. The van der Waals surface area contributed by atoms with E-state index in [1.165, 1.54) is 30.3 Å². The number of rotatable bonds is 8. The number of para-hydroxylation sites is 1. The molecule has 0 radical (unpaired) electrons. The molecule has 0 saturated heterocycles. The smallest absolute Gasteiger partial charge is 0.340 e. The lowest BCUT2D eigenvalue weighted by Crippen LogP contribution is -2.37. The maximum Gasteiger partial charge on any atom is 0.340 e. The van der Waals surface area contributed by atoms with Gasteiger partial charge >= 0.3 is 5.97 Å². The van der Waals surface area contributed by atoms with E-state index in [4.69, 9.17) is 4.74 Å². The number of nitrogens with one attached hydrogen (secondary N) is 1. The van der Waals surface area contributed by atoms with E-state index in [0.29, 0.717) is 0 Å². The van der Waals surface area contributed by atoms with Gasteiger partial charge in [-0.2, -0.15) is 4.31 Å². The molecule has 0 unspecified atom stereocenters. The Labute approximate surface area is 163 Å². The normalized spacial score (nSPS) is 11.3. The van der Waals surface area contributed by atoms with Crippen molar-refractivity contribution in [1.82, 2.24) is 4.31 Å². The third-order valence-corrected chi connectivity index (χ3v) is 4.99. The fraction of sp³-hybridized carbons (Fsp3) is 0.263. The van der Waals surface area contributed by atoms with Crippen molar-refractivity contribution in [2.24, 2.45) is 0 Å². The molecule has 28 heavy (non-hydrogen) atoms. The molecule has 0 fully saturated rings. The largest absolute Gasteiger partial charge is 0.462 e. The van der Waals surface area contributed by atoms with Gasteiger partial charge in [0.2, 0.25) is 15.9 Å². The second kappa shape index (κ2) is 9.43. The molecular weight excluding hydrogens is 387 g/mol. The van der Waals surface area contributed by atoms with Crippen molar-refractivity contribution in [1.29, 1.82) is 0 Å². The molecule has 0 heterocycles. The van der Waals surface area contributed by atoms with Crippen LogP contribution in [0.3, 0.4) is 0 Å². The summed E-state index contributed by atoms with van der Waals surface area (Å²) in [5.41, 5.74) is 0.496. The van der Waals surface area contributed by atoms with Crippen LogP contribution in [-0.4, -0.2) is 44.0 Å². The van der Waals surface area contributed by atoms with Crippen LogP contribution in [0, 0.1) is 5.82 Å². The second-order valence-electron chi connectivity index (χ2n) is 5.94. The number of anilines is 1. The Kier molecular flexibility index (Phi) is 7.24. The number of carbonyl (C=O) groups excluding carboxylic acids is 2. The Morgan fingerprint density at radius 1 is 1.11 bits per heavy atom. The standard InChI is InChI=1S/C19H21FN2O5S/c1-3-27-19(24)15-9-5-7-11-17(15)21-18(23)13-22(28(2,25)26)12-14-8-4-6-10-16(14)20/h4-11H,3,12-13H2,1-2H3,(H,21,23). The van der Waals surface area contributed by atoms with Crippen LogP contribution in [-0.2, 0) is 26.1 Å². The van der Waals surface area contributed by atoms with Gasteiger partial charge in [-0.05, 0) is 25.1 Å². The van der Waals surface area contributed by atoms with E-state index in [1.807, 2.05) is 0 Å². The minimum absolute atomic E-state index is 0.146. The maximum absolute atomic E-state index is 13.9. The Morgan fingerprint density at radius 3 is 2.39 bits per heavy atom. The van der Waals surface area contributed by atoms with Crippen molar-refractivity contribution in [3.63, 3.8) is 0 Å². The first-order valence-corrected chi connectivity index (χ1v) is 10.3. The lowest BCUT2D eigenvalue weighted by Gasteiger charge is -2.20. The first-order chi connectivity index (χ1) is 13.2. The summed E-state index contributed by atoms with van der Waals surface area (Å²) in [6.07, 6.45) is 0.938. The van der Waals surface area contributed by atoms with Crippen LogP contribution in [0.25, 0.3) is 0 Å². The van der Waals surface area contributed by atoms with Crippen molar-refractivity contribution in [2.75, 3.05) is 24.7 Å². The highest BCUT2D eigenvalue weighted by Crippen LogP contribution is 2.17. The molecule has 1 N–H and O–H groups in total. The summed E-state index contributed by atoms with van der Waals surface area (Å²) < 4.78 is 43.7. The van der Waals surface area contributed by atoms with Gasteiger partial charge in [0.25, 0.3) is 0 Å². The van der Waals surface area contributed by atoms with E-state index in [9.17, 15) is 22.4 Å². The molecule has 1 amide bonds. The highest BCUT2D eigenvalue weighted by Gasteiger charge is 2.23. The lowest BCUT2D eigenvalue weighted by molar-refractivity contribution is -0.116. The molecule has 150 valence electrons. The molecule has 2 rings (SSSR count). The highest BCUT2D eigenvalue weighted by atomic mass is 32.2. The Balaban J connectivity index is 2.17. The summed E-state index contributed by atoms with van der Waals surface area (Å²) in [5.74, 6) is -1.84. The number of hydrogen-bond donors (Lipinski definition) is 1. The predicted molar refractivity (Wildman–Crippen MR) is 103 cm³/mol. The second-order valence-corrected chi connectivity index (χ2v) is 7.92. The molecule has 0 saturated carbocycles. The summed E-state index contributed by atoms with van der Waals surface area (Å²) in [6, 6.07) is 12.0. The molecule has 0 spiro atoms. The molecule has 0 aliphatic heterocycles. The molecule has 0 aliphatic carbocycles. The number of amides is 1. The fourth-order valence-electron chi connectivity index (χ4n) is 2.44. The van der Waals surface area contributed by atoms with Crippen molar-refractivity contribution < 1.29 is 27.1 Å². The van der Waals surface area contributed by atoms with Crippen LogP contribution in [0.5, 0.6) is 0 Å².